The van der Waals surface area contributed by atoms with Crippen LogP contribution in [0.15, 0.2) is 29.4 Å². The van der Waals surface area contributed by atoms with Gasteiger partial charge in [-0.25, -0.2) is 4.79 Å². The first kappa shape index (κ1) is 11.1. The molecule has 5 heteroatoms. The molecule has 0 aromatic heterocycles. The van der Waals surface area contributed by atoms with E-state index >= 15 is 0 Å². The number of fused-ring (bicyclic) bond motifs is 2. The van der Waals surface area contributed by atoms with Gasteiger partial charge in [-0.3, -0.25) is 0 Å². The monoisotopic (exact) mass is 243 g/mol. The van der Waals surface area contributed by atoms with Crippen LogP contribution in [0.4, 0.5) is 0 Å². The number of hydrogen-bond donors (Lipinski definition) is 0. The summed E-state index contributed by atoms with van der Waals surface area (Å²) in [5.41, 5.74) is 9.65. The van der Waals surface area contributed by atoms with Crippen LogP contribution in [0.2, 0.25) is 0 Å². The first-order valence-corrected chi connectivity index (χ1v) is 6.12. The molecule has 0 unspecified atom stereocenters. The van der Waals surface area contributed by atoms with Crippen molar-refractivity contribution >= 4 is 5.97 Å². The Morgan fingerprint density at radius 3 is 2.78 bits per heavy atom. The average Bonchev–Trinajstić information content (AvgIpc) is 2.67. The molecule has 2 aliphatic rings. The summed E-state index contributed by atoms with van der Waals surface area (Å²) in [6.07, 6.45) is 3.01. The van der Waals surface area contributed by atoms with Crippen molar-refractivity contribution < 1.29 is 9.53 Å². The number of nitrogens with zero attached hydrogens (tertiary/aromatic N) is 3. The Balaban J connectivity index is 1.91. The van der Waals surface area contributed by atoms with Crippen molar-refractivity contribution in [3.63, 3.8) is 0 Å². The summed E-state index contributed by atoms with van der Waals surface area (Å²) in [5, 5.41) is 3.75. The van der Waals surface area contributed by atoms with E-state index < -0.39 is 5.60 Å². The highest BCUT2D eigenvalue weighted by molar-refractivity contribution is 5.94. The zero-order valence-electron chi connectivity index (χ0n) is 9.87. The second-order valence-electron chi connectivity index (χ2n) is 4.87. The lowest BCUT2D eigenvalue weighted by molar-refractivity contribution is -0.0304. The Morgan fingerprint density at radius 2 is 2.06 bits per heavy atom. The van der Waals surface area contributed by atoms with E-state index in [-0.39, 0.29) is 12.0 Å². The number of benzene rings is 1. The highest BCUT2D eigenvalue weighted by Gasteiger charge is 2.47. The van der Waals surface area contributed by atoms with Crippen LogP contribution in [0, 0.1) is 0 Å². The van der Waals surface area contributed by atoms with Gasteiger partial charge in [-0.1, -0.05) is 23.3 Å². The van der Waals surface area contributed by atoms with Crippen molar-refractivity contribution in [3.8, 4) is 0 Å². The Labute approximate surface area is 104 Å². The van der Waals surface area contributed by atoms with Crippen LogP contribution in [0.1, 0.15) is 41.6 Å². The average molecular weight is 243 g/mol. The summed E-state index contributed by atoms with van der Waals surface area (Å²) in [6.45, 7) is 0. The van der Waals surface area contributed by atoms with E-state index in [4.69, 9.17) is 10.3 Å². The summed E-state index contributed by atoms with van der Waals surface area (Å²) in [6, 6.07) is 7.60. The Bertz CT molecular complexity index is 541. The van der Waals surface area contributed by atoms with Crippen LogP contribution in [-0.2, 0) is 10.3 Å². The minimum absolute atomic E-state index is 0.0343. The summed E-state index contributed by atoms with van der Waals surface area (Å²) in [7, 11) is 0. The summed E-state index contributed by atoms with van der Waals surface area (Å²) < 4.78 is 5.61. The van der Waals surface area contributed by atoms with Gasteiger partial charge in [0, 0.05) is 16.5 Å². The minimum atomic E-state index is -0.477. The van der Waals surface area contributed by atoms with Gasteiger partial charge in [0.2, 0.25) is 0 Å². The van der Waals surface area contributed by atoms with Crippen molar-refractivity contribution in [1.29, 1.82) is 0 Å². The second kappa shape index (κ2) is 4.03. The van der Waals surface area contributed by atoms with Crippen molar-refractivity contribution in [2.75, 3.05) is 0 Å². The maximum atomic E-state index is 11.8. The molecule has 1 aromatic carbocycles. The van der Waals surface area contributed by atoms with Crippen LogP contribution < -0.4 is 0 Å². The lowest BCUT2D eigenvalue weighted by Gasteiger charge is -2.35. The van der Waals surface area contributed by atoms with Gasteiger partial charge in [0.05, 0.1) is 5.56 Å². The van der Waals surface area contributed by atoms with Crippen LogP contribution >= 0.6 is 0 Å². The zero-order valence-corrected chi connectivity index (χ0v) is 9.87. The van der Waals surface area contributed by atoms with E-state index in [0.29, 0.717) is 5.56 Å². The lowest BCUT2D eigenvalue weighted by atomic mass is 9.77. The van der Waals surface area contributed by atoms with E-state index in [1.165, 1.54) is 0 Å². The number of carbonyl (C=O) groups is 1. The van der Waals surface area contributed by atoms with Gasteiger partial charge in [0.15, 0.2) is 0 Å². The number of rotatable bonds is 1. The fraction of sp³-hybridized carbons (Fsp3) is 0.462. The molecule has 18 heavy (non-hydrogen) atoms. The molecule has 0 N–H and O–H groups in total. The molecule has 92 valence electrons. The van der Waals surface area contributed by atoms with Gasteiger partial charge in [-0.2, -0.15) is 0 Å². The molecule has 0 atom stereocenters. The lowest BCUT2D eigenvalue weighted by Crippen LogP contribution is -2.33. The third-order valence-electron chi connectivity index (χ3n) is 3.90. The first-order valence-electron chi connectivity index (χ1n) is 6.12. The van der Waals surface area contributed by atoms with Gasteiger partial charge in [-0.15, -0.1) is 0 Å². The quantitative estimate of drug-likeness (QED) is 0.328. The highest BCUT2D eigenvalue weighted by Crippen LogP contribution is 2.47. The normalized spacial score (nSPS) is 29.6. The molecule has 0 radical (unpaired) electrons. The van der Waals surface area contributed by atoms with Crippen LogP contribution in [0.25, 0.3) is 10.4 Å². The third kappa shape index (κ3) is 1.56. The number of carbonyl (C=O) groups excluding carboxylic acids is 1. The molecule has 3 rings (SSSR count). The summed E-state index contributed by atoms with van der Waals surface area (Å²) in [4.78, 5) is 14.7. The molecule has 0 bridgehead atoms. The SMILES string of the molecule is [N-]=[N+]=NC1CCC2(CC1)OC(=O)c1ccccc12. The number of azide groups is 1. The molecule has 1 aliphatic carbocycles. The number of hydrogen-bond acceptors (Lipinski definition) is 3. The van der Waals surface area contributed by atoms with E-state index in [2.05, 4.69) is 10.0 Å². The molecule has 1 aromatic rings. The maximum absolute atomic E-state index is 11.8. The van der Waals surface area contributed by atoms with Crippen molar-refractivity contribution in [2.45, 2.75) is 37.3 Å². The van der Waals surface area contributed by atoms with Gasteiger partial charge < -0.3 is 4.74 Å². The summed E-state index contributed by atoms with van der Waals surface area (Å²) in [5.74, 6) is -0.229. The molecule has 1 fully saturated rings. The molecule has 1 saturated carbocycles. The molecule has 0 amide bonds. The third-order valence-corrected chi connectivity index (χ3v) is 3.90. The van der Waals surface area contributed by atoms with E-state index in [9.17, 15) is 4.79 Å². The Hall–Kier alpha value is -2.00. The smallest absolute Gasteiger partial charge is 0.339 e. The van der Waals surface area contributed by atoms with Crippen LogP contribution in [-0.4, -0.2) is 12.0 Å². The minimum Gasteiger partial charge on any atom is -0.451 e. The predicted molar refractivity (Wildman–Crippen MR) is 64.9 cm³/mol. The van der Waals surface area contributed by atoms with Crippen molar-refractivity contribution in [2.24, 2.45) is 5.11 Å². The Morgan fingerprint density at radius 1 is 1.33 bits per heavy atom. The fourth-order valence-electron chi connectivity index (χ4n) is 2.97. The summed E-state index contributed by atoms with van der Waals surface area (Å²) >= 11 is 0. The fourth-order valence-corrected chi connectivity index (χ4v) is 2.97. The number of ether oxygens (including phenoxy) is 1. The number of esters is 1. The molecule has 1 heterocycles. The van der Waals surface area contributed by atoms with E-state index in [0.717, 1.165) is 31.2 Å². The molecule has 5 nitrogen and oxygen atoms in total. The maximum Gasteiger partial charge on any atom is 0.339 e. The van der Waals surface area contributed by atoms with E-state index in [1.54, 1.807) is 0 Å². The molecular formula is C13H13N3O2. The van der Waals surface area contributed by atoms with Gasteiger partial charge in [0.1, 0.15) is 5.60 Å². The zero-order chi connectivity index (χ0) is 12.6. The molecule has 1 spiro atoms. The Kier molecular flexibility index (Phi) is 2.49. The second-order valence-corrected chi connectivity index (χ2v) is 4.87. The standard InChI is InChI=1S/C13H13N3O2/c14-16-15-9-5-7-13(8-6-9)11-4-2-1-3-10(11)12(17)18-13/h1-4,9H,5-8H2. The topological polar surface area (TPSA) is 75.1 Å². The highest BCUT2D eigenvalue weighted by atomic mass is 16.6. The van der Waals surface area contributed by atoms with Crippen LogP contribution in [0.5, 0.6) is 0 Å². The van der Waals surface area contributed by atoms with Gasteiger partial charge in [-0.05, 0) is 37.3 Å². The molecular weight excluding hydrogens is 230 g/mol. The van der Waals surface area contributed by atoms with Gasteiger partial charge >= 0.3 is 5.97 Å². The van der Waals surface area contributed by atoms with E-state index in [1.807, 2.05) is 24.3 Å². The van der Waals surface area contributed by atoms with Crippen molar-refractivity contribution in [1.82, 2.24) is 0 Å². The van der Waals surface area contributed by atoms with Crippen LogP contribution in [0.3, 0.4) is 0 Å². The first-order chi connectivity index (χ1) is 8.75. The predicted octanol–water partition coefficient (Wildman–Crippen LogP) is 3.31. The molecule has 0 saturated heterocycles. The van der Waals surface area contributed by atoms with Gasteiger partial charge in [0.25, 0.3) is 0 Å². The molecule has 1 aliphatic heterocycles. The largest absolute Gasteiger partial charge is 0.451 e. The van der Waals surface area contributed by atoms with Crippen molar-refractivity contribution in [3.05, 3.63) is 45.8 Å².